The van der Waals surface area contributed by atoms with Crippen LogP contribution in [0.5, 0.6) is 0 Å². The molecule has 0 amide bonds. The number of aryl methyl sites for hydroxylation is 2. The molecule has 1 fully saturated rings. The molecule has 1 N–H and O–H groups in total. The van der Waals surface area contributed by atoms with Gasteiger partial charge in [0.15, 0.2) is 0 Å². The molecular formula is C13H21N3O. The van der Waals surface area contributed by atoms with Crippen molar-refractivity contribution in [3.05, 3.63) is 22.9 Å². The summed E-state index contributed by atoms with van der Waals surface area (Å²) in [4.78, 5) is 7.04. The lowest BCUT2D eigenvalue weighted by Gasteiger charge is -2.30. The lowest BCUT2D eigenvalue weighted by Crippen LogP contribution is -2.38. The molecule has 4 nitrogen and oxygen atoms in total. The minimum atomic E-state index is 0.799. The van der Waals surface area contributed by atoms with E-state index in [4.69, 9.17) is 9.72 Å². The van der Waals surface area contributed by atoms with Crippen LogP contribution in [0.15, 0.2) is 6.07 Å². The van der Waals surface area contributed by atoms with Crippen LogP contribution in [0.25, 0.3) is 0 Å². The number of nitrogens with one attached hydrogen (secondary N) is 1. The van der Waals surface area contributed by atoms with Crippen molar-refractivity contribution in [1.82, 2.24) is 10.3 Å². The number of ether oxygens (including phenoxy) is 1. The Balaban J connectivity index is 2.35. The van der Waals surface area contributed by atoms with Gasteiger partial charge >= 0.3 is 0 Å². The number of morpholine rings is 1. The lowest BCUT2D eigenvalue weighted by molar-refractivity contribution is 0.122. The van der Waals surface area contributed by atoms with E-state index < -0.39 is 0 Å². The van der Waals surface area contributed by atoms with Crippen LogP contribution >= 0.6 is 0 Å². The number of nitrogens with zero attached hydrogens (tertiary/aromatic N) is 2. The largest absolute Gasteiger partial charge is 0.378 e. The first-order valence-corrected chi connectivity index (χ1v) is 6.17. The molecule has 94 valence electrons. The molecule has 17 heavy (non-hydrogen) atoms. The Kier molecular flexibility index (Phi) is 3.97. The first kappa shape index (κ1) is 12.3. The van der Waals surface area contributed by atoms with Crippen LogP contribution in [0.1, 0.15) is 16.8 Å². The molecule has 4 heteroatoms. The van der Waals surface area contributed by atoms with Crippen molar-refractivity contribution in [1.29, 1.82) is 0 Å². The van der Waals surface area contributed by atoms with Crippen LogP contribution in [0.2, 0.25) is 0 Å². The van der Waals surface area contributed by atoms with E-state index in [-0.39, 0.29) is 0 Å². The zero-order chi connectivity index (χ0) is 12.3. The van der Waals surface area contributed by atoms with Gasteiger partial charge in [0.05, 0.1) is 13.2 Å². The van der Waals surface area contributed by atoms with E-state index in [1.807, 2.05) is 7.05 Å². The highest BCUT2D eigenvalue weighted by molar-refractivity contribution is 5.51. The van der Waals surface area contributed by atoms with Gasteiger partial charge in [-0.3, -0.25) is 0 Å². The van der Waals surface area contributed by atoms with Gasteiger partial charge in [-0.1, -0.05) is 0 Å². The molecular weight excluding hydrogens is 214 g/mol. The van der Waals surface area contributed by atoms with Gasteiger partial charge in [0.25, 0.3) is 0 Å². The SMILES string of the molecule is CNCc1c(C)cc(C)nc1N1CCOCC1. The third kappa shape index (κ3) is 2.76. The fraction of sp³-hybridized carbons (Fsp3) is 0.615. The molecule has 1 aliphatic heterocycles. The van der Waals surface area contributed by atoms with Gasteiger partial charge in [-0.2, -0.15) is 0 Å². The normalized spacial score (nSPS) is 16.3. The Hall–Kier alpha value is -1.13. The topological polar surface area (TPSA) is 37.4 Å². The van der Waals surface area contributed by atoms with Crippen LogP contribution in [0.3, 0.4) is 0 Å². The van der Waals surface area contributed by atoms with Gasteiger partial charge in [0.2, 0.25) is 0 Å². The minimum absolute atomic E-state index is 0.799. The number of hydrogen-bond acceptors (Lipinski definition) is 4. The molecule has 2 rings (SSSR count). The van der Waals surface area contributed by atoms with Crippen molar-refractivity contribution in [2.24, 2.45) is 0 Å². The highest BCUT2D eigenvalue weighted by Crippen LogP contribution is 2.23. The monoisotopic (exact) mass is 235 g/mol. The van der Waals surface area contributed by atoms with Crippen molar-refractivity contribution in [3.63, 3.8) is 0 Å². The van der Waals surface area contributed by atoms with Crippen molar-refractivity contribution in [2.75, 3.05) is 38.3 Å². The minimum Gasteiger partial charge on any atom is -0.378 e. The Labute approximate surface area is 103 Å². The molecule has 0 aromatic carbocycles. The van der Waals surface area contributed by atoms with Crippen LogP contribution < -0.4 is 10.2 Å². The van der Waals surface area contributed by atoms with E-state index >= 15 is 0 Å². The second-order valence-electron chi connectivity index (χ2n) is 4.51. The van der Waals surface area contributed by atoms with E-state index in [2.05, 4.69) is 30.1 Å². The first-order valence-electron chi connectivity index (χ1n) is 6.17. The summed E-state index contributed by atoms with van der Waals surface area (Å²) in [5.41, 5.74) is 3.71. The standard InChI is InChI=1S/C13H21N3O/c1-10-8-11(2)15-13(12(10)9-14-3)16-4-6-17-7-5-16/h8,14H,4-7,9H2,1-3H3. The molecule has 1 aromatic rings. The molecule has 0 saturated carbocycles. The summed E-state index contributed by atoms with van der Waals surface area (Å²) < 4.78 is 5.40. The molecule has 2 heterocycles. The smallest absolute Gasteiger partial charge is 0.133 e. The molecule has 1 aliphatic rings. The fourth-order valence-corrected chi connectivity index (χ4v) is 2.28. The summed E-state index contributed by atoms with van der Waals surface area (Å²) in [6, 6.07) is 2.15. The predicted octanol–water partition coefficient (Wildman–Crippen LogP) is 1.25. The molecule has 0 radical (unpaired) electrons. The van der Waals surface area contributed by atoms with Gasteiger partial charge in [0.1, 0.15) is 5.82 Å². The van der Waals surface area contributed by atoms with E-state index in [1.165, 1.54) is 11.1 Å². The molecule has 0 unspecified atom stereocenters. The maximum atomic E-state index is 5.40. The second kappa shape index (κ2) is 5.47. The Bertz CT molecular complexity index is 386. The van der Waals surface area contributed by atoms with Gasteiger partial charge in [-0.15, -0.1) is 0 Å². The first-order chi connectivity index (χ1) is 8.22. The summed E-state index contributed by atoms with van der Waals surface area (Å²) in [6.45, 7) is 8.55. The molecule has 1 saturated heterocycles. The Morgan fingerprint density at radius 1 is 1.35 bits per heavy atom. The quantitative estimate of drug-likeness (QED) is 0.855. The number of anilines is 1. The molecule has 0 bridgehead atoms. The Morgan fingerprint density at radius 2 is 2.06 bits per heavy atom. The van der Waals surface area contributed by atoms with E-state index in [0.29, 0.717) is 0 Å². The van der Waals surface area contributed by atoms with Crippen LogP contribution in [0.4, 0.5) is 5.82 Å². The summed E-state index contributed by atoms with van der Waals surface area (Å²) >= 11 is 0. The number of pyridine rings is 1. The van der Waals surface area contributed by atoms with E-state index in [9.17, 15) is 0 Å². The molecule has 1 aromatic heterocycles. The maximum Gasteiger partial charge on any atom is 0.133 e. The van der Waals surface area contributed by atoms with Crippen LogP contribution in [-0.2, 0) is 11.3 Å². The predicted molar refractivity (Wildman–Crippen MR) is 69.5 cm³/mol. The van der Waals surface area contributed by atoms with E-state index in [0.717, 1.165) is 44.4 Å². The van der Waals surface area contributed by atoms with Crippen LogP contribution in [0, 0.1) is 13.8 Å². The van der Waals surface area contributed by atoms with Crippen LogP contribution in [-0.4, -0.2) is 38.3 Å². The maximum absolute atomic E-state index is 5.40. The average molecular weight is 235 g/mol. The number of aromatic nitrogens is 1. The van der Waals surface area contributed by atoms with Gasteiger partial charge in [-0.05, 0) is 32.5 Å². The van der Waals surface area contributed by atoms with Crippen molar-refractivity contribution >= 4 is 5.82 Å². The number of hydrogen-bond donors (Lipinski definition) is 1. The highest BCUT2D eigenvalue weighted by Gasteiger charge is 2.17. The zero-order valence-corrected chi connectivity index (χ0v) is 10.9. The van der Waals surface area contributed by atoms with Gasteiger partial charge in [-0.25, -0.2) is 4.98 Å². The summed E-state index contributed by atoms with van der Waals surface area (Å²) in [5, 5.41) is 3.23. The van der Waals surface area contributed by atoms with Gasteiger partial charge in [0, 0.05) is 30.9 Å². The molecule has 0 atom stereocenters. The third-order valence-corrected chi connectivity index (χ3v) is 3.12. The van der Waals surface area contributed by atoms with Crippen molar-refractivity contribution < 1.29 is 4.74 Å². The summed E-state index contributed by atoms with van der Waals surface area (Å²) in [5.74, 6) is 1.13. The fourth-order valence-electron chi connectivity index (χ4n) is 2.28. The van der Waals surface area contributed by atoms with Crippen molar-refractivity contribution in [2.45, 2.75) is 20.4 Å². The molecule has 0 spiro atoms. The Morgan fingerprint density at radius 3 is 2.71 bits per heavy atom. The third-order valence-electron chi connectivity index (χ3n) is 3.12. The summed E-state index contributed by atoms with van der Waals surface area (Å²) in [7, 11) is 1.97. The lowest BCUT2D eigenvalue weighted by atomic mass is 10.1. The average Bonchev–Trinajstić information content (AvgIpc) is 2.33. The van der Waals surface area contributed by atoms with Crippen molar-refractivity contribution in [3.8, 4) is 0 Å². The highest BCUT2D eigenvalue weighted by atomic mass is 16.5. The zero-order valence-electron chi connectivity index (χ0n) is 10.9. The van der Waals surface area contributed by atoms with Gasteiger partial charge < -0.3 is 15.0 Å². The molecule has 0 aliphatic carbocycles. The number of rotatable bonds is 3. The van der Waals surface area contributed by atoms with E-state index in [1.54, 1.807) is 0 Å². The summed E-state index contributed by atoms with van der Waals surface area (Å²) in [6.07, 6.45) is 0. The second-order valence-corrected chi connectivity index (χ2v) is 4.51.